The van der Waals surface area contributed by atoms with Crippen LogP contribution in [-0.2, 0) is 13.1 Å². The van der Waals surface area contributed by atoms with Crippen LogP contribution in [0.25, 0.3) is 0 Å². The maximum Gasteiger partial charge on any atom is 0.0739 e. The molecule has 2 rings (SSSR count). The normalized spacial score (nSPS) is 19.8. The molecule has 1 saturated carbocycles. The van der Waals surface area contributed by atoms with Crippen LogP contribution in [0.1, 0.15) is 57.8 Å². The van der Waals surface area contributed by atoms with Crippen LogP contribution in [0.5, 0.6) is 0 Å². The van der Waals surface area contributed by atoms with Crippen LogP contribution >= 0.6 is 15.9 Å². The van der Waals surface area contributed by atoms with Crippen molar-refractivity contribution in [3.05, 3.63) is 15.9 Å². The molecule has 0 bridgehead atoms. The highest BCUT2D eigenvalue weighted by Crippen LogP contribution is 2.37. The van der Waals surface area contributed by atoms with Gasteiger partial charge in [0.15, 0.2) is 0 Å². The molecular weight excluding hydrogens is 314 g/mol. The van der Waals surface area contributed by atoms with Gasteiger partial charge in [-0.1, -0.05) is 13.8 Å². The number of aryl methyl sites for hydroxylation is 2. The quantitative estimate of drug-likeness (QED) is 0.810. The lowest BCUT2D eigenvalue weighted by Gasteiger charge is -2.38. The molecule has 20 heavy (non-hydrogen) atoms. The molecule has 1 heterocycles. The first-order valence-corrected chi connectivity index (χ1v) is 8.55. The van der Waals surface area contributed by atoms with Gasteiger partial charge in [0.25, 0.3) is 0 Å². The van der Waals surface area contributed by atoms with E-state index < -0.39 is 0 Å². The summed E-state index contributed by atoms with van der Waals surface area (Å²) in [6, 6.07) is 0.718. The van der Waals surface area contributed by atoms with E-state index in [2.05, 4.69) is 65.4 Å². The Morgan fingerprint density at radius 3 is 2.50 bits per heavy atom. The van der Waals surface area contributed by atoms with Crippen molar-refractivity contribution in [2.24, 2.45) is 5.41 Å². The third kappa shape index (κ3) is 3.45. The average Bonchev–Trinajstić information content (AvgIpc) is 2.66. The third-order valence-electron chi connectivity index (χ3n) is 4.78. The Labute approximate surface area is 131 Å². The van der Waals surface area contributed by atoms with Gasteiger partial charge in [0.2, 0.25) is 0 Å². The standard InChI is InChI=1S/C16H28BrN3/c1-6-20-14(15(17)12(2)18-20)11-19(5)13-7-9-16(3,4)10-8-13/h13H,6-11H2,1-5H3. The van der Waals surface area contributed by atoms with E-state index in [4.69, 9.17) is 0 Å². The van der Waals surface area contributed by atoms with E-state index in [1.807, 2.05) is 0 Å². The molecule has 1 aliphatic rings. The van der Waals surface area contributed by atoms with Gasteiger partial charge in [-0.05, 0) is 67.9 Å². The van der Waals surface area contributed by atoms with Gasteiger partial charge in [-0.25, -0.2) is 0 Å². The Morgan fingerprint density at radius 2 is 1.95 bits per heavy atom. The van der Waals surface area contributed by atoms with Crippen molar-refractivity contribution in [1.29, 1.82) is 0 Å². The SMILES string of the molecule is CCn1nc(C)c(Br)c1CN(C)C1CCC(C)(C)CC1. The van der Waals surface area contributed by atoms with Crippen molar-refractivity contribution >= 4 is 15.9 Å². The summed E-state index contributed by atoms with van der Waals surface area (Å²) in [4.78, 5) is 2.52. The van der Waals surface area contributed by atoms with Crippen molar-refractivity contribution in [3.63, 3.8) is 0 Å². The molecule has 1 aliphatic carbocycles. The summed E-state index contributed by atoms with van der Waals surface area (Å²) >= 11 is 3.70. The second kappa shape index (κ2) is 6.18. The van der Waals surface area contributed by atoms with Crippen molar-refractivity contribution < 1.29 is 0 Å². The molecular formula is C16H28BrN3. The molecule has 0 radical (unpaired) electrons. The molecule has 1 aromatic rings. The molecule has 0 amide bonds. The predicted octanol–water partition coefficient (Wildman–Crippen LogP) is 4.37. The van der Waals surface area contributed by atoms with Crippen LogP contribution in [0.3, 0.4) is 0 Å². The van der Waals surface area contributed by atoms with Gasteiger partial charge in [0.05, 0.1) is 15.9 Å². The predicted molar refractivity (Wildman–Crippen MR) is 87.8 cm³/mol. The van der Waals surface area contributed by atoms with Gasteiger partial charge in [0, 0.05) is 19.1 Å². The van der Waals surface area contributed by atoms with E-state index in [-0.39, 0.29) is 0 Å². The smallest absolute Gasteiger partial charge is 0.0739 e. The van der Waals surface area contributed by atoms with Crippen LogP contribution in [0, 0.1) is 12.3 Å². The lowest BCUT2D eigenvalue weighted by Crippen LogP contribution is -2.37. The van der Waals surface area contributed by atoms with Crippen LogP contribution in [-0.4, -0.2) is 27.8 Å². The number of hydrogen-bond acceptors (Lipinski definition) is 2. The largest absolute Gasteiger partial charge is 0.298 e. The summed E-state index contributed by atoms with van der Waals surface area (Å²) in [5, 5.41) is 4.59. The minimum Gasteiger partial charge on any atom is -0.298 e. The Bertz CT molecular complexity index is 455. The summed E-state index contributed by atoms with van der Waals surface area (Å²) in [6.45, 7) is 11.0. The fourth-order valence-electron chi connectivity index (χ4n) is 3.21. The van der Waals surface area contributed by atoms with E-state index in [0.717, 1.165) is 24.8 Å². The summed E-state index contributed by atoms with van der Waals surface area (Å²) in [7, 11) is 2.26. The van der Waals surface area contributed by atoms with Gasteiger partial charge >= 0.3 is 0 Å². The Balaban J connectivity index is 2.03. The molecule has 0 unspecified atom stereocenters. The molecule has 0 spiro atoms. The molecule has 0 saturated heterocycles. The van der Waals surface area contributed by atoms with Crippen LogP contribution in [0.2, 0.25) is 0 Å². The lowest BCUT2D eigenvalue weighted by atomic mass is 9.75. The van der Waals surface area contributed by atoms with E-state index in [9.17, 15) is 0 Å². The first kappa shape index (κ1) is 16.0. The summed E-state index contributed by atoms with van der Waals surface area (Å²) in [5.41, 5.74) is 2.96. The average molecular weight is 342 g/mol. The first-order chi connectivity index (χ1) is 9.34. The minimum absolute atomic E-state index is 0.541. The number of aromatic nitrogens is 2. The number of halogens is 1. The maximum atomic E-state index is 4.59. The zero-order valence-electron chi connectivity index (χ0n) is 13.5. The minimum atomic E-state index is 0.541. The topological polar surface area (TPSA) is 21.1 Å². The van der Waals surface area contributed by atoms with Gasteiger partial charge in [-0.15, -0.1) is 0 Å². The van der Waals surface area contributed by atoms with Gasteiger partial charge < -0.3 is 0 Å². The van der Waals surface area contributed by atoms with Crippen LogP contribution in [0.15, 0.2) is 4.47 Å². The first-order valence-electron chi connectivity index (χ1n) is 7.76. The molecule has 1 fully saturated rings. The van der Waals surface area contributed by atoms with Gasteiger partial charge in [0.1, 0.15) is 0 Å². The Hall–Kier alpha value is -0.350. The molecule has 114 valence electrons. The highest BCUT2D eigenvalue weighted by Gasteiger charge is 2.29. The van der Waals surface area contributed by atoms with E-state index in [1.54, 1.807) is 0 Å². The molecule has 0 N–H and O–H groups in total. The van der Waals surface area contributed by atoms with E-state index >= 15 is 0 Å². The van der Waals surface area contributed by atoms with Gasteiger partial charge in [-0.3, -0.25) is 9.58 Å². The summed E-state index contributed by atoms with van der Waals surface area (Å²) in [6.07, 6.45) is 5.32. The van der Waals surface area contributed by atoms with E-state index in [1.165, 1.54) is 35.8 Å². The molecule has 4 heteroatoms. The second-order valence-corrected chi connectivity index (χ2v) is 7.77. The molecule has 1 aromatic heterocycles. The molecule has 3 nitrogen and oxygen atoms in total. The zero-order chi connectivity index (χ0) is 14.9. The Kier molecular flexibility index (Phi) is 4.96. The highest BCUT2D eigenvalue weighted by molar-refractivity contribution is 9.10. The molecule has 0 aromatic carbocycles. The molecule has 0 atom stereocenters. The van der Waals surface area contributed by atoms with Crippen molar-refractivity contribution in [1.82, 2.24) is 14.7 Å². The van der Waals surface area contributed by atoms with Gasteiger partial charge in [-0.2, -0.15) is 5.10 Å². The van der Waals surface area contributed by atoms with Crippen molar-refractivity contribution in [3.8, 4) is 0 Å². The molecule has 0 aliphatic heterocycles. The summed E-state index contributed by atoms with van der Waals surface area (Å²) in [5.74, 6) is 0. The van der Waals surface area contributed by atoms with Crippen molar-refractivity contribution in [2.75, 3.05) is 7.05 Å². The van der Waals surface area contributed by atoms with Crippen molar-refractivity contribution in [2.45, 2.75) is 72.5 Å². The monoisotopic (exact) mass is 341 g/mol. The number of hydrogen-bond donors (Lipinski definition) is 0. The van der Waals surface area contributed by atoms with E-state index in [0.29, 0.717) is 5.41 Å². The third-order valence-corrected chi connectivity index (χ3v) is 5.82. The fourth-order valence-corrected chi connectivity index (χ4v) is 3.62. The summed E-state index contributed by atoms with van der Waals surface area (Å²) < 4.78 is 3.31. The highest BCUT2D eigenvalue weighted by atomic mass is 79.9. The second-order valence-electron chi connectivity index (χ2n) is 6.97. The van der Waals surface area contributed by atoms with Crippen LogP contribution < -0.4 is 0 Å². The van der Waals surface area contributed by atoms with Crippen LogP contribution in [0.4, 0.5) is 0 Å². The number of nitrogens with zero attached hydrogens (tertiary/aromatic N) is 3. The lowest BCUT2D eigenvalue weighted by molar-refractivity contribution is 0.120. The maximum absolute atomic E-state index is 4.59. The number of rotatable bonds is 4. The fraction of sp³-hybridized carbons (Fsp3) is 0.812. The zero-order valence-corrected chi connectivity index (χ0v) is 15.1. The Morgan fingerprint density at radius 1 is 1.35 bits per heavy atom.